The number of H-pyrrole nitrogens is 1. The first-order chi connectivity index (χ1) is 14.6. The van der Waals surface area contributed by atoms with E-state index in [1.807, 2.05) is 30.3 Å². The average Bonchev–Trinajstić information content (AvgIpc) is 3.28. The highest BCUT2D eigenvalue weighted by Crippen LogP contribution is 2.28. The minimum absolute atomic E-state index is 0.168. The van der Waals surface area contributed by atoms with E-state index in [4.69, 9.17) is 11.6 Å². The number of aromatic nitrogens is 5. The number of hydrogen-bond donors (Lipinski definition) is 1. The molecule has 1 N–H and O–H groups in total. The molecule has 0 fully saturated rings. The fourth-order valence-electron chi connectivity index (χ4n) is 3.52. The van der Waals surface area contributed by atoms with Crippen molar-refractivity contribution < 1.29 is 4.79 Å². The van der Waals surface area contributed by atoms with E-state index in [9.17, 15) is 9.59 Å². The smallest absolute Gasteiger partial charge is 0.260 e. The zero-order chi connectivity index (χ0) is 20.7. The number of amides is 1. The van der Waals surface area contributed by atoms with Crippen molar-refractivity contribution in [1.82, 2.24) is 25.2 Å². The molecule has 0 radical (unpaired) electrons. The minimum Gasteiger partial charge on any atom is -0.310 e. The number of aromatic amines is 1. The lowest BCUT2D eigenvalue weighted by molar-refractivity contribution is 0.0984. The second-order valence-electron chi connectivity index (χ2n) is 7.03. The first kappa shape index (κ1) is 18.3. The lowest BCUT2D eigenvalue weighted by Gasteiger charge is -2.23. The van der Waals surface area contributed by atoms with Gasteiger partial charge in [-0.2, -0.15) is 5.21 Å². The molecule has 0 saturated carbocycles. The summed E-state index contributed by atoms with van der Waals surface area (Å²) in [4.78, 5) is 27.2. The van der Waals surface area contributed by atoms with Crippen molar-refractivity contribution in [3.63, 3.8) is 0 Å². The largest absolute Gasteiger partial charge is 0.310 e. The summed E-state index contributed by atoms with van der Waals surface area (Å²) in [5, 5.41) is 14.4. The summed E-state index contributed by atoms with van der Waals surface area (Å²) in [7, 11) is 0. The van der Waals surface area contributed by atoms with Crippen molar-refractivity contribution in [2.24, 2.45) is 0 Å². The fourth-order valence-corrected chi connectivity index (χ4v) is 3.77. The Bertz CT molecular complexity index is 1300. The van der Waals surface area contributed by atoms with Gasteiger partial charge in [-0.05, 0) is 40.6 Å². The average molecular weight is 419 g/mol. The van der Waals surface area contributed by atoms with Crippen LogP contribution in [0.15, 0.2) is 65.6 Å². The quantitative estimate of drug-likeness (QED) is 0.551. The summed E-state index contributed by atoms with van der Waals surface area (Å²) >= 11 is 6.32. The van der Waals surface area contributed by atoms with Gasteiger partial charge in [0.1, 0.15) is 0 Å². The van der Waals surface area contributed by atoms with Crippen molar-refractivity contribution in [3.05, 3.63) is 92.9 Å². The van der Waals surface area contributed by atoms with Gasteiger partial charge in [-0.25, -0.2) is 0 Å². The van der Waals surface area contributed by atoms with Crippen LogP contribution in [0.25, 0.3) is 11.4 Å². The zero-order valence-electron chi connectivity index (χ0n) is 15.6. The molecule has 1 aliphatic heterocycles. The Kier molecular flexibility index (Phi) is 4.40. The number of fused-ring (bicyclic) bond motifs is 4. The van der Waals surface area contributed by atoms with Crippen LogP contribution >= 0.6 is 11.6 Å². The van der Waals surface area contributed by atoms with Crippen LogP contribution in [0.3, 0.4) is 0 Å². The summed E-state index contributed by atoms with van der Waals surface area (Å²) in [6.45, 7) is 0.686. The molecule has 4 aromatic rings. The number of halogens is 1. The van der Waals surface area contributed by atoms with E-state index in [1.165, 1.54) is 10.6 Å². The van der Waals surface area contributed by atoms with Crippen LogP contribution in [0.4, 0.5) is 5.69 Å². The highest BCUT2D eigenvalue weighted by molar-refractivity contribution is 6.31. The second kappa shape index (κ2) is 7.23. The molecule has 148 valence electrons. The summed E-state index contributed by atoms with van der Waals surface area (Å²) in [6, 6.07) is 16.0. The van der Waals surface area contributed by atoms with E-state index in [2.05, 4.69) is 20.6 Å². The number of tetrazole rings is 1. The van der Waals surface area contributed by atoms with Crippen LogP contribution in [0.2, 0.25) is 5.02 Å². The predicted octanol–water partition coefficient (Wildman–Crippen LogP) is 2.89. The molecule has 8 nitrogen and oxygen atoms in total. The standard InChI is InChI=1S/C21H15ClN6O2/c22-17-7-14-8-18(9-17)28(21(30)16-5-6-19(29)27(10-14)12-16)11-13-1-3-15(4-2-13)20-23-25-26-24-20/h1-9,12H,10-11H2,(H,23,24,25,26). The van der Waals surface area contributed by atoms with Gasteiger partial charge in [-0.15, -0.1) is 10.2 Å². The van der Waals surface area contributed by atoms with Gasteiger partial charge in [0.25, 0.3) is 11.5 Å². The molecular formula is C21H15ClN6O2. The predicted molar refractivity (Wildman–Crippen MR) is 111 cm³/mol. The number of pyridine rings is 1. The van der Waals surface area contributed by atoms with E-state index in [0.717, 1.165) is 16.7 Å². The van der Waals surface area contributed by atoms with Crippen molar-refractivity contribution >= 4 is 23.2 Å². The molecule has 0 aliphatic carbocycles. The highest BCUT2D eigenvalue weighted by Gasteiger charge is 2.22. The third-order valence-corrected chi connectivity index (χ3v) is 5.20. The first-order valence-corrected chi connectivity index (χ1v) is 9.59. The normalized spacial score (nSPS) is 13.0. The Hall–Kier alpha value is -3.78. The Balaban J connectivity index is 1.55. The van der Waals surface area contributed by atoms with Gasteiger partial charge >= 0.3 is 0 Å². The van der Waals surface area contributed by atoms with E-state index >= 15 is 0 Å². The molecule has 2 aromatic carbocycles. The van der Waals surface area contributed by atoms with Crippen LogP contribution in [0.1, 0.15) is 21.5 Å². The molecule has 0 saturated heterocycles. The maximum atomic E-state index is 13.3. The molecule has 30 heavy (non-hydrogen) atoms. The van der Waals surface area contributed by atoms with E-state index in [-0.39, 0.29) is 11.5 Å². The van der Waals surface area contributed by atoms with Gasteiger partial charge in [0, 0.05) is 28.5 Å². The maximum absolute atomic E-state index is 13.3. The number of nitrogens with zero attached hydrogens (tertiary/aromatic N) is 5. The third-order valence-electron chi connectivity index (χ3n) is 4.98. The summed E-state index contributed by atoms with van der Waals surface area (Å²) in [5.41, 5.74) is 3.55. The summed E-state index contributed by atoms with van der Waals surface area (Å²) < 4.78 is 1.52. The van der Waals surface area contributed by atoms with Crippen LogP contribution < -0.4 is 10.5 Å². The van der Waals surface area contributed by atoms with Gasteiger partial charge in [0.15, 0.2) is 0 Å². The van der Waals surface area contributed by atoms with Crippen molar-refractivity contribution in [2.75, 3.05) is 4.90 Å². The Labute approximate surface area is 175 Å². The van der Waals surface area contributed by atoms with Crippen LogP contribution in [-0.4, -0.2) is 31.1 Å². The maximum Gasteiger partial charge on any atom is 0.260 e. The Morgan fingerprint density at radius 2 is 1.80 bits per heavy atom. The summed E-state index contributed by atoms with van der Waals surface area (Å²) in [5.74, 6) is 0.295. The number of benzene rings is 2. The molecule has 3 heterocycles. The Morgan fingerprint density at radius 3 is 2.57 bits per heavy atom. The lowest BCUT2D eigenvalue weighted by Crippen LogP contribution is -2.31. The van der Waals surface area contributed by atoms with Gasteiger partial charge in [0.2, 0.25) is 5.82 Å². The highest BCUT2D eigenvalue weighted by atomic mass is 35.5. The molecule has 1 aliphatic rings. The molecule has 1 amide bonds. The number of rotatable bonds is 3. The SMILES string of the molecule is O=C1c2ccc(=O)n(c2)Cc2cc(Cl)cc(c2)N1Cc1ccc(-c2nn[nH]n2)cc1. The third kappa shape index (κ3) is 3.37. The number of nitrogens with one attached hydrogen (secondary N) is 1. The second-order valence-corrected chi connectivity index (χ2v) is 7.46. The van der Waals surface area contributed by atoms with Crippen molar-refractivity contribution in [3.8, 4) is 11.4 Å². The van der Waals surface area contributed by atoms with Gasteiger partial charge in [0.05, 0.1) is 18.7 Å². The topological polar surface area (TPSA) is 96.8 Å². The lowest BCUT2D eigenvalue weighted by atomic mass is 10.1. The van der Waals surface area contributed by atoms with E-state index in [0.29, 0.717) is 35.2 Å². The molecule has 0 unspecified atom stereocenters. The van der Waals surface area contributed by atoms with Crippen LogP contribution in [-0.2, 0) is 13.1 Å². The minimum atomic E-state index is -0.207. The Morgan fingerprint density at radius 1 is 1.00 bits per heavy atom. The first-order valence-electron chi connectivity index (χ1n) is 9.21. The molecule has 2 aromatic heterocycles. The van der Waals surface area contributed by atoms with E-state index < -0.39 is 0 Å². The van der Waals surface area contributed by atoms with E-state index in [1.54, 1.807) is 29.3 Å². The molecule has 4 bridgehead atoms. The summed E-state index contributed by atoms with van der Waals surface area (Å²) in [6.07, 6.45) is 1.60. The zero-order valence-corrected chi connectivity index (χ0v) is 16.4. The van der Waals surface area contributed by atoms with Crippen LogP contribution in [0.5, 0.6) is 0 Å². The van der Waals surface area contributed by atoms with Crippen molar-refractivity contribution in [2.45, 2.75) is 13.1 Å². The molecule has 0 spiro atoms. The van der Waals surface area contributed by atoms with Gasteiger partial charge in [-0.1, -0.05) is 35.9 Å². The number of carbonyl (C=O) groups is 1. The molecule has 9 heteroatoms. The van der Waals surface area contributed by atoms with Gasteiger partial charge < -0.3 is 9.47 Å². The van der Waals surface area contributed by atoms with Crippen molar-refractivity contribution in [1.29, 1.82) is 0 Å². The monoisotopic (exact) mass is 418 g/mol. The molecule has 5 rings (SSSR count). The molecular weight excluding hydrogens is 404 g/mol. The fraction of sp³-hybridized carbons (Fsp3) is 0.0952. The van der Waals surface area contributed by atoms with Crippen LogP contribution in [0, 0.1) is 0 Å². The number of hydrogen-bond acceptors (Lipinski definition) is 5. The molecule has 0 atom stereocenters. The van der Waals surface area contributed by atoms with Gasteiger partial charge in [-0.3, -0.25) is 9.59 Å². The number of carbonyl (C=O) groups excluding carboxylic acids is 1. The number of anilines is 1.